The molecule has 4 atom stereocenters. The van der Waals surface area contributed by atoms with Crippen molar-refractivity contribution < 1.29 is 23.8 Å². The minimum Gasteiger partial charge on any atom is -0.354 e. The molecule has 1 aromatic rings. The summed E-state index contributed by atoms with van der Waals surface area (Å²) in [5.41, 5.74) is -0.167. The zero-order valence-corrected chi connectivity index (χ0v) is 14.1. The second kappa shape index (κ2) is 4.78. The van der Waals surface area contributed by atoms with Crippen LogP contribution in [0.25, 0.3) is 0 Å². The predicted molar refractivity (Wildman–Crippen MR) is 87.7 cm³/mol. The van der Waals surface area contributed by atoms with Crippen molar-refractivity contribution in [3.05, 3.63) is 42.0 Å². The van der Waals surface area contributed by atoms with Gasteiger partial charge in [-0.3, -0.25) is 9.59 Å². The molecule has 6 nitrogen and oxygen atoms in total. The van der Waals surface area contributed by atoms with E-state index in [1.54, 1.807) is 12.1 Å². The molecule has 0 spiro atoms. The average molecular weight is 341 g/mol. The largest absolute Gasteiger partial charge is 0.354 e. The minimum atomic E-state index is -1.03. The first-order chi connectivity index (χ1) is 12.0. The van der Waals surface area contributed by atoms with E-state index in [1.165, 1.54) is 4.90 Å². The molecule has 3 fully saturated rings. The first kappa shape index (κ1) is 15.3. The molecule has 4 heterocycles. The zero-order chi connectivity index (χ0) is 17.4. The lowest BCUT2D eigenvalue weighted by molar-refractivity contribution is -0.190. The van der Waals surface area contributed by atoms with Crippen LogP contribution in [-0.2, 0) is 23.8 Å². The number of carbonyl (C=O) groups is 2. The van der Waals surface area contributed by atoms with Crippen molar-refractivity contribution in [2.75, 3.05) is 18.1 Å². The van der Waals surface area contributed by atoms with Gasteiger partial charge in [-0.15, -0.1) is 0 Å². The molecular weight excluding hydrogens is 322 g/mol. The lowest BCUT2D eigenvalue weighted by atomic mass is 9.72. The normalized spacial score (nSPS) is 39.7. The Hall–Kier alpha value is -2.02. The molecule has 0 aromatic heterocycles. The van der Waals surface area contributed by atoms with E-state index >= 15 is 0 Å². The maximum absolute atomic E-state index is 13.3. The number of carbonyl (C=O) groups excluding carboxylic acids is 2. The second-order valence-corrected chi connectivity index (χ2v) is 7.35. The Morgan fingerprint density at radius 3 is 2.32 bits per heavy atom. The molecule has 1 aromatic carbocycles. The molecule has 4 aliphatic heterocycles. The van der Waals surface area contributed by atoms with E-state index in [-0.39, 0.29) is 11.8 Å². The van der Waals surface area contributed by atoms with E-state index in [0.29, 0.717) is 18.9 Å². The van der Waals surface area contributed by atoms with Gasteiger partial charge in [0.1, 0.15) is 0 Å². The Kier molecular flexibility index (Phi) is 2.92. The highest BCUT2D eigenvalue weighted by Crippen LogP contribution is 2.59. The number of hydrogen-bond acceptors (Lipinski definition) is 5. The van der Waals surface area contributed by atoms with Crippen LogP contribution in [0.1, 0.15) is 12.5 Å². The highest BCUT2D eigenvalue weighted by Gasteiger charge is 2.75. The number of hydrogen-bond donors (Lipinski definition) is 0. The molecule has 130 valence electrons. The zero-order valence-electron chi connectivity index (χ0n) is 14.1. The lowest BCUT2D eigenvalue weighted by Gasteiger charge is -2.32. The summed E-state index contributed by atoms with van der Waals surface area (Å²) < 4.78 is 17.6. The topological polar surface area (TPSA) is 65.1 Å². The third-order valence-corrected chi connectivity index (χ3v) is 5.76. The SMILES string of the molecule is Cc1ccc(N2C(=O)C3C(C2=O)C2(C4OCCO4)C=CC3(C)O2)cc1. The molecule has 2 bridgehead atoms. The average Bonchev–Trinajstić information content (AvgIpc) is 3.31. The Bertz CT molecular complexity index is 797. The van der Waals surface area contributed by atoms with Gasteiger partial charge in [-0.25, -0.2) is 4.90 Å². The minimum absolute atomic E-state index is 0.217. The van der Waals surface area contributed by atoms with Gasteiger partial charge in [0.25, 0.3) is 0 Å². The maximum Gasteiger partial charge on any atom is 0.241 e. The molecule has 4 aliphatic rings. The molecule has 0 radical (unpaired) electrons. The van der Waals surface area contributed by atoms with E-state index in [2.05, 4.69) is 0 Å². The van der Waals surface area contributed by atoms with Crippen molar-refractivity contribution in [1.29, 1.82) is 0 Å². The van der Waals surface area contributed by atoms with E-state index in [1.807, 2.05) is 38.1 Å². The molecule has 2 amide bonds. The molecule has 5 rings (SSSR count). The third kappa shape index (κ3) is 1.79. The summed E-state index contributed by atoms with van der Waals surface area (Å²) >= 11 is 0. The number of aryl methyl sites for hydroxylation is 1. The van der Waals surface area contributed by atoms with Crippen molar-refractivity contribution in [2.24, 2.45) is 11.8 Å². The highest BCUT2D eigenvalue weighted by molar-refractivity contribution is 6.23. The van der Waals surface area contributed by atoms with Crippen molar-refractivity contribution in [1.82, 2.24) is 0 Å². The molecule has 0 aliphatic carbocycles. The first-order valence-electron chi connectivity index (χ1n) is 8.54. The van der Waals surface area contributed by atoms with Crippen LogP contribution in [0.4, 0.5) is 5.69 Å². The second-order valence-electron chi connectivity index (χ2n) is 7.35. The van der Waals surface area contributed by atoms with Gasteiger partial charge in [-0.05, 0) is 32.1 Å². The number of fused-ring (bicyclic) bond motifs is 5. The van der Waals surface area contributed by atoms with Crippen LogP contribution in [0, 0.1) is 18.8 Å². The summed E-state index contributed by atoms with van der Waals surface area (Å²) in [5.74, 6) is -1.64. The standard InChI is InChI=1S/C19H19NO5/c1-11-3-5-12(6-4-11)20-15(21)13-14(16(20)22)19(17-23-9-10-24-17)8-7-18(13,2)25-19/h3-8,13-14,17H,9-10H2,1-2H3. The van der Waals surface area contributed by atoms with Crippen molar-refractivity contribution in [3.8, 4) is 0 Å². The summed E-state index contributed by atoms with van der Waals surface area (Å²) in [5, 5.41) is 0. The quantitative estimate of drug-likeness (QED) is 0.603. The number of anilines is 1. The van der Waals surface area contributed by atoms with Crippen LogP contribution in [0.5, 0.6) is 0 Å². The summed E-state index contributed by atoms with van der Waals surface area (Å²) in [6, 6.07) is 7.40. The molecule has 0 saturated carbocycles. The van der Waals surface area contributed by atoms with Crippen LogP contribution >= 0.6 is 0 Å². The van der Waals surface area contributed by atoms with E-state index in [0.717, 1.165) is 5.56 Å². The molecular formula is C19H19NO5. The van der Waals surface area contributed by atoms with Gasteiger partial charge in [0.15, 0.2) is 11.9 Å². The molecule has 4 unspecified atom stereocenters. The van der Waals surface area contributed by atoms with Gasteiger partial charge in [-0.2, -0.15) is 0 Å². The number of imide groups is 1. The molecule has 25 heavy (non-hydrogen) atoms. The summed E-state index contributed by atoms with van der Waals surface area (Å²) in [4.78, 5) is 27.7. The monoisotopic (exact) mass is 341 g/mol. The van der Waals surface area contributed by atoms with Gasteiger partial charge in [0.05, 0.1) is 36.3 Å². The van der Waals surface area contributed by atoms with Crippen LogP contribution in [-0.4, -0.2) is 42.5 Å². The van der Waals surface area contributed by atoms with Crippen LogP contribution in [0.15, 0.2) is 36.4 Å². The smallest absolute Gasteiger partial charge is 0.241 e. The number of ether oxygens (including phenoxy) is 3. The number of benzene rings is 1. The number of rotatable bonds is 2. The maximum atomic E-state index is 13.3. The van der Waals surface area contributed by atoms with E-state index < -0.39 is 29.3 Å². The Morgan fingerprint density at radius 1 is 1.00 bits per heavy atom. The fraction of sp³-hybridized carbons (Fsp3) is 0.474. The van der Waals surface area contributed by atoms with Crippen molar-refractivity contribution in [2.45, 2.75) is 31.3 Å². The Morgan fingerprint density at radius 2 is 1.64 bits per heavy atom. The number of amides is 2. The van der Waals surface area contributed by atoms with Crippen molar-refractivity contribution in [3.63, 3.8) is 0 Å². The predicted octanol–water partition coefficient (Wildman–Crippen LogP) is 1.57. The highest BCUT2D eigenvalue weighted by atomic mass is 16.7. The van der Waals surface area contributed by atoms with Gasteiger partial charge in [0.2, 0.25) is 11.8 Å². The first-order valence-corrected chi connectivity index (χ1v) is 8.54. The summed E-state index contributed by atoms with van der Waals surface area (Å²) in [6.07, 6.45) is 3.08. The third-order valence-electron chi connectivity index (χ3n) is 5.76. The lowest BCUT2D eigenvalue weighted by Crippen LogP contribution is -2.49. The Labute approximate surface area is 145 Å². The van der Waals surface area contributed by atoms with Crippen LogP contribution < -0.4 is 4.90 Å². The Balaban J connectivity index is 1.59. The summed E-state index contributed by atoms with van der Waals surface area (Å²) in [7, 11) is 0. The van der Waals surface area contributed by atoms with E-state index in [4.69, 9.17) is 14.2 Å². The van der Waals surface area contributed by atoms with Gasteiger partial charge >= 0.3 is 0 Å². The molecule has 3 saturated heterocycles. The molecule has 6 heteroatoms. The molecule has 0 N–H and O–H groups in total. The van der Waals surface area contributed by atoms with Crippen LogP contribution in [0.3, 0.4) is 0 Å². The fourth-order valence-corrected chi connectivity index (χ4v) is 4.62. The van der Waals surface area contributed by atoms with Gasteiger partial charge < -0.3 is 14.2 Å². The fourth-order valence-electron chi connectivity index (χ4n) is 4.62. The summed E-state index contributed by atoms with van der Waals surface area (Å²) in [6.45, 7) is 4.74. The van der Waals surface area contributed by atoms with Gasteiger partial charge in [0, 0.05) is 0 Å². The van der Waals surface area contributed by atoms with Gasteiger partial charge in [-0.1, -0.05) is 23.8 Å². The number of nitrogens with zero attached hydrogens (tertiary/aromatic N) is 1. The van der Waals surface area contributed by atoms with E-state index in [9.17, 15) is 9.59 Å². The van der Waals surface area contributed by atoms with Crippen molar-refractivity contribution >= 4 is 17.5 Å². The van der Waals surface area contributed by atoms with Crippen LogP contribution in [0.2, 0.25) is 0 Å².